The summed E-state index contributed by atoms with van der Waals surface area (Å²) in [4.78, 5) is 11.3. The summed E-state index contributed by atoms with van der Waals surface area (Å²) >= 11 is 11.2. The van der Waals surface area contributed by atoms with Crippen molar-refractivity contribution >= 4 is 34.8 Å². The molecule has 0 fully saturated rings. The molecule has 0 bridgehead atoms. The first kappa shape index (κ1) is 13.2. The SMILES string of the molecule is CNCCC(=O)Nc1cc(Cl)c(F)c(Cl)c1. The summed E-state index contributed by atoms with van der Waals surface area (Å²) in [5, 5.41) is 5.19. The van der Waals surface area contributed by atoms with Crippen LogP contribution in [-0.4, -0.2) is 19.5 Å². The van der Waals surface area contributed by atoms with E-state index in [4.69, 9.17) is 23.2 Å². The van der Waals surface area contributed by atoms with Gasteiger partial charge in [0, 0.05) is 18.7 Å². The Bertz CT molecular complexity index is 375. The first-order chi connectivity index (χ1) is 7.54. The highest BCUT2D eigenvalue weighted by Crippen LogP contribution is 2.27. The van der Waals surface area contributed by atoms with Crippen LogP contribution >= 0.6 is 23.2 Å². The Morgan fingerprint density at radius 2 is 1.94 bits per heavy atom. The van der Waals surface area contributed by atoms with Crippen molar-refractivity contribution in [2.45, 2.75) is 6.42 Å². The number of hydrogen-bond donors (Lipinski definition) is 2. The standard InChI is InChI=1S/C10H11Cl2FN2O/c1-14-3-2-9(16)15-6-4-7(11)10(13)8(12)5-6/h4-5,14H,2-3H2,1H3,(H,15,16). The minimum absolute atomic E-state index is 0.114. The van der Waals surface area contributed by atoms with Gasteiger partial charge in [-0.15, -0.1) is 0 Å². The summed E-state index contributed by atoms with van der Waals surface area (Å²) in [7, 11) is 1.75. The first-order valence-electron chi connectivity index (χ1n) is 4.63. The van der Waals surface area contributed by atoms with Crippen LogP contribution in [0.1, 0.15) is 6.42 Å². The molecule has 0 atom stereocenters. The largest absolute Gasteiger partial charge is 0.326 e. The van der Waals surface area contributed by atoms with Gasteiger partial charge in [-0.1, -0.05) is 23.2 Å². The number of amides is 1. The van der Waals surface area contributed by atoms with Gasteiger partial charge in [0.1, 0.15) is 0 Å². The number of carbonyl (C=O) groups is 1. The molecule has 0 unspecified atom stereocenters. The molecule has 3 nitrogen and oxygen atoms in total. The predicted octanol–water partition coefficient (Wildman–Crippen LogP) is 2.68. The lowest BCUT2D eigenvalue weighted by molar-refractivity contribution is -0.116. The molecule has 0 aliphatic heterocycles. The second-order valence-electron chi connectivity index (χ2n) is 3.16. The van der Waals surface area contributed by atoms with Crippen LogP contribution in [0.2, 0.25) is 10.0 Å². The van der Waals surface area contributed by atoms with Gasteiger partial charge in [0.15, 0.2) is 5.82 Å². The van der Waals surface area contributed by atoms with Crippen LogP contribution in [0.15, 0.2) is 12.1 Å². The van der Waals surface area contributed by atoms with E-state index in [9.17, 15) is 9.18 Å². The number of nitrogens with one attached hydrogen (secondary N) is 2. The van der Waals surface area contributed by atoms with Gasteiger partial charge < -0.3 is 10.6 Å². The molecule has 0 aliphatic rings. The molecule has 0 aromatic heterocycles. The van der Waals surface area contributed by atoms with Crippen molar-refractivity contribution in [1.29, 1.82) is 0 Å². The third-order valence-corrected chi connectivity index (χ3v) is 2.42. The number of rotatable bonds is 4. The highest BCUT2D eigenvalue weighted by atomic mass is 35.5. The molecule has 0 heterocycles. The Labute approximate surface area is 103 Å². The summed E-state index contributed by atoms with van der Waals surface area (Å²) in [5.41, 5.74) is 0.387. The Hall–Kier alpha value is -0.840. The molecule has 0 saturated heterocycles. The van der Waals surface area contributed by atoms with E-state index in [1.54, 1.807) is 7.05 Å². The first-order valence-corrected chi connectivity index (χ1v) is 5.39. The molecule has 0 saturated carbocycles. The Morgan fingerprint density at radius 1 is 1.38 bits per heavy atom. The quantitative estimate of drug-likeness (QED) is 0.822. The number of anilines is 1. The van der Waals surface area contributed by atoms with Crippen molar-refractivity contribution in [3.63, 3.8) is 0 Å². The maximum atomic E-state index is 13.1. The van der Waals surface area contributed by atoms with Gasteiger partial charge in [0.25, 0.3) is 0 Å². The zero-order valence-electron chi connectivity index (χ0n) is 8.61. The van der Waals surface area contributed by atoms with Crippen molar-refractivity contribution in [3.05, 3.63) is 28.0 Å². The van der Waals surface area contributed by atoms with E-state index >= 15 is 0 Å². The second-order valence-corrected chi connectivity index (χ2v) is 3.97. The van der Waals surface area contributed by atoms with E-state index in [2.05, 4.69) is 10.6 Å². The van der Waals surface area contributed by atoms with Gasteiger partial charge in [0.05, 0.1) is 10.0 Å². The van der Waals surface area contributed by atoms with Crippen LogP contribution in [-0.2, 0) is 4.79 Å². The average Bonchev–Trinajstić information content (AvgIpc) is 2.23. The lowest BCUT2D eigenvalue weighted by Gasteiger charge is -2.07. The van der Waals surface area contributed by atoms with Gasteiger partial charge in [-0.05, 0) is 19.2 Å². The summed E-state index contributed by atoms with van der Waals surface area (Å²) < 4.78 is 13.1. The van der Waals surface area contributed by atoms with Crippen molar-refractivity contribution in [2.75, 3.05) is 18.9 Å². The van der Waals surface area contributed by atoms with Crippen LogP contribution in [0.3, 0.4) is 0 Å². The molecule has 88 valence electrons. The maximum Gasteiger partial charge on any atom is 0.225 e. The average molecular weight is 265 g/mol. The van der Waals surface area contributed by atoms with E-state index in [-0.39, 0.29) is 16.0 Å². The minimum Gasteiger partial charge on any atom is -0.326 e. The van der Waals surface area contributed by atoms with Gasteiger partial charge >= 0.3 is 0 Å². The van der Waals surface area contributed by atoms with E-state index in [0.717, 1.165) is 0 Å². The Morgan fingerprint density at radius 3 is 2.44 bits per heavy atom. The van der Waals surface area contributed by atoms with Crippen molar-refractivity contribution in [1.82, 2.24) is 5.32 Å². The third kappa shape index (κ3) is 3.63. The molecular formula is C10H11Cl2FN2O. The number of hydrogen-bond acceptors (Lipinski definition) is 2. The van der Waals surface area contributed by atoms with E-state index in [1.165, 1.54) is 12.1 Å². The summed E-state index contributed by atoms with van der Waals surface area (Å²) in [6, 6.07) is 2.64. The highest BCUT2D eigenvalue weighted by Gasteiger charge is 2.09. The van der Waals surface area contributed by atoms with Crippen LogP contribution in [0, 0.1) is 5.82 Å². The van der Waals surface area contributed by atoms with Gasteiger partial charge in [-0.2, -0.15) is 0 Å². The van der Waals surface area contributed by atoms with E-state index < -0.39 is 5.82 Å². The summed E-state index contributed by atoms with van der Waals surface area (Å²) in [5.74, 6) is -0.871. The fourth-order valence-electron chi connectivity index (χ4n) is 1.09. The van der Waals surface area contributed by atoms with Crippen molar-refractivity contribution < 1.29 is 9.18 Å². The molecule has 0 aliphatic carbocycles. The van der Waals surface area contributed by atoms with Crippen molar-refractivity contribution in [3.8, 4) is 0 Å². The number of benzene rings is 1. The van der Waals surface area contributed by atoms with Crippen LogP contribution in [0.25, 0.3) is 0 Å². The monoisotopic (exact) mass is 264 g/mol. The summed E-state index contributed by atoms with van der Waals surface area (Å²) in [6.45, 7) is 0.564. The zero-order chi connectivity index (χ0) is 12.1. The molecule has 0 radical (unpaired) electrons. The third-order valence-electron chi connectivity index (χ3n) is 1.87. The molecule has 2 N–H and O–H groups in total. The van der Waals surface area contributed by atoms with Crippen LogP contribution in [0.4, 0.5) is 10.1 Å². The second kappa shape index (κ2) is 6.03. The van der Waals surface area contributed by atoms with Gasteiger partial charge in [-0.25, -0.2) is 4.39 Å². The molecule has 1 aromatic rings. The molecule has 0 spiro atoms. The zero-order valence-corrected chi connectivity index (χ0v) is 10.1. The van der Waals surface area contributed by atoms with Crippen molar-refractivity contribution in [2.24, 2.45) is 0 Å². The van der Waals surface area contributed by atoms with E-state index in [0.29, 0.717) is 18.7 Å². The molecule has 1 aromatic carbocycles. The van der Waals surface area contributed by atoms with Crippen LogP contribution < -0.4 is 10.6 Å². The topological polar surface area (TPSA) is 41.1 Å². The molecule has 16 heavy (non-hydrogen) atoms. The van der Waals surface area contributed by atoms with Gasteiger partial charge in [-0.3, -0.25) is 4.79 Å². The molecular weight excluding hydrogens is 254 g/mol. The maximum absolute atomic E-state index is 13.1. The Balaban J connectivity index is 2.71. The molecule has 1 amide bonds. The fraction of sp³-hybridized carbons (Fsp3) is 0.300. The smallest absolute Gasteiger partial charge is 0.225 e. The normalized spacial score (nSPS) is 10.2. The summed E-state index contributed by atoms with van der Waals surface area (Å²) in [6.07, 6.45) is 0.323. The molecule has 1 rings (SSSR count). The lowest BCUT2D eigenvalue weighted by atomic mass is 10.3. The Kier molecular flexibility index (Phi) is 4.99. The molecule has 6 heteroatoms. The van der Waals surface area contributed by atoms with E-state index in [1.807, 2.05) is 0 Å². The highest BCUT2D eigenvalue weighted by molar-refractivity contribution is 6.35. The fourth-order valence-corrected chi connectivity index (χ4v) is 1.58. The number of halogens is 3. The number of carbonyl (C=O) groups excluding carboxylic acids is 1. The van der Waals surface area contributed by atoms with Gasteiger partial charge in [0.2, 0.25) is 5.91 Å². The van der Waals surface area contributed by atoms with Crippen LogP contribution in [0.5, 0.6) is 0 Å². The predicted molar refractivity (Wildman–Crippen MR) is 63.6 cm³/mol. The lowest BCUT2D eigenvalue weighted by Crippen LogP contribution is -2.18. The minimum atomic E-state index is -0.684.